The first-order valence-corrected chi connectivity index (χ1v) is 4.33. The Kier molecular flexibility index (Phi) is 3.92. The van der Waals surface area contributed by atoms with Gasteiger partial charge in [0.05, 0.1) is 11.6 Å². The standard InChI is InChI=1S/C8H6Cl2F2O2/c9-5-2-6(10)7(14-8(11)12)1-4(5)3-13/h1-2,8,13H,3H2. The van der Waals surface area contributed by atoms with Crippen LogP contribution in [0.25, 0.3) is 0 Å². The van der Waals surface area contributed by atoms with E-state index in [9.17, 15) is 8.78 Å². The molecule has 0 atom stereocenters. The zero-order chi connectivity index (χ0) is 10.7. The molecule has 0 unspecified atom stereocenters. The van der Waals surface area contributed by atoms with Crippen molar-refractivity contribution in [3.05, 3.63) is 27.7 Å². The van der Waals surface area contributed by atoms with E-state index in [0.29, 0.717) is 0 Å². The summed E-state index contributed by atoms with van der Waals surface area (Å²) in [7, 11) is 0. The van der Waals surface area contributed by atoms with E-state index in [0.717, 1.165) is 0 Å². The van der Waals surface area contributed by atoms with Gasteiger partial charge in [0.2, 0.25) is 0 Å². The van der Waals surface area contributed by atoms with Gasteiger partial charge in [0.25, 0.3) is 0 Å². The molecule has 0 fully saturated rings. The molecule has 1 aromatic carbocycles. The second kappa shape index (κ2) is 4.77. The lowest BCUT2D eigenvalue weighted by molar-refractivity contribution is -0.0498. The van der Waals surface area contributed by atoms with Gasteiger partial charge in [-0.3, -0.25) is 0 Å². The number of rotatable bonds is 3. The molecule has 0 bridgehead atoms. The van der Waals surface area contributed by atoms with Crippen LogP contribution in [-0.2, 0) is 6.61 Å². The van der Waals surface area contributed by atoms with E-state index in [1.807, 2.05) is 0 Å². The van der Waals surface area contributed by atoms with Crippen molar-refractivity contribution in [2.24, 2.45) is 0 Å². The Morgan fingerprint density at radius 1 is 1.29 bits per heavy atom. The average molecular weight is 243 g/mol. The summed E-state index contributed by atoms with van der Waals surface area (Å²) in [4.78, 5) is 0. The van der Waals surface area contributed by atoms with E-state index in [1.165, 1.54) is 12.1 Å². The predicted molar refractivity (Wildman–Crippen MR) is 49.0 cm³/mol. The molecule has 0 heterocycles. The summed E-state index contributed by atoms with van der Waals surface area (Å²) >= 11 is 11.2. The number of aliphatic hydroxyl groups is 1. The number of hydrogen-bond donors (Lipinski definition) is 1. The fraction of sp³-hybridized carbons (Fsp3) is 0.250. The van der Waals surface area contributed by atoms with Gasteiger partial charge in [0, 0.05) is 5.02 Å². The maximum atomic E-state index is 11.9. The largest absolute Gasteiger partial charge is 0.433 e. The lowest BCUT2D eigenvalue weighted by Gasteiger charge is -2.09. The van der Waals surface area contributed by atoms with Crippen molar-refractivity contribution < 1.29 is 18.6 Å². The maximum absolute atomic E-state index is 11.9. The normalized spacial score (nSPS) is 10.7. The molecule has 1 rings (SSSR count). The lowest BCUT2D eigenvalue weighted by atomic mass is 10.2. The summed E-state index contributed by atoms with van der Waals surface area (Å²) in [5, 5.41) is 8.98. The molecule has 0 spiro atoms. The zero-order valence-electron chi connectivity index (χ0n) is 6.81. The number of hydrogen-bond acceptors (Lipinski definition) is 2. The molecule has 0 aliphatic rings. The Balaban J connectivity index is 3.04. The first-order valence-electron chi connectivity index (χ1n) is 3.58. The topological polar surface area (TPSA) is 29.5 Å². The monoisotopic (exact) mass is 242 g/mol. The minimum absolute atomic E-state index is 0.0208. The van der Waals surface area contributed by atoms with Crippen molar-refractivity contribution in [2.45, 2.75) is 13.2 Å². The highest BCUT2D eigenvalue weighted by Crippen LogP contribution is 2.31. The highest BCUT2D eigenvalue weighted by atomic mass is 35.5. The van der Waals surface area contributed by atoms with Crippen LogP contribution in [0, 0.1) is 0 Å². The fourth-order valence-electron chi connectivity index (χ4n) is 0.879. The third-order valence-corrected chi connectivity index (χ3v) is 2.13. The first kappa shape index (κ1) is 11.5. The minimum atomic E-state index is -2.96. The quantitative estimate of drug-likeness (QED) is 0.883. The molecular formula is C8H6Cl2F2O2. The summed E-state index contributed by atoms with van der Waals surface area (Å²) in [6, 6.07) is 2.42. The minimum Gasteiger partial charge on any atom is -0.433 e. The SMILES string of the molecule is OCc1cc(OC(F)F)c(Cl)cc1Cl. The first-order chi connectivity index (χ1) is 6.54. The van der Waals surface area contributed by atoms with E-state index >= 15 is 0 Å². The highest BCUT2D eigenvalue weighted by molar-refractivity contribution is 6.36. The van der Waals surface area contributed by atoms with Crippen LogP contribution in [0.15, 0.2) is 12.1 Å². The third-order valence-electron chi connectivity index (χ3n) is 1.49. The van der Waals surface area contributed by atoms with E-state index in [4.69, 9.17) is 28.3 Å². The molecule has 0 aliphatic carbocycles. The van der Waals surface area contributed by atoms with E-state index in [2.05, 4.69) is 4.74 Å². The lowest BCUT2D eigenvalue weighted by Crippen LogP contribution is -2.03. The van der Waals surface area contributed by atoms with Gasteiger partial charge >= 0.3 is 6.61 Å². The maximum Gasteiger partial charge on any atom is 0.387 e. The number of aliphatic hydroxyl groups excluding tert-OH is 1. The Hall–Kier alpha value is -0.580. The summed E-state index contributed by atoms with van der Waals surface area (Å²) in [6.45, 7) is -3.32. The summed E-state index contributed by atoms with van der Waals surface area (Å²) in [5.74, 6) is -0.199. The van der Waals surface area contributed by atoms with E-state index in [-0.39, 0.29) is 28.0 Å². The highest BCUT2D eigenvalue weighted by Gasteiger charge is 2.11. The number of halogens is 4. The number of ether oxygens (including phenoxy) is 1. The average Bonchev–Trinajstić information content (AvgIpc) is 2.09. The molecule has 0 aromatic heterocycles. The summed E-state index contributed by atoms with van der Waals surface area (Å²) < 4.78 is 27.8. The summed E-state index contributed by atoms with van der Waals surface area (Å²) in [5.41, 5.74) is 0.284. The van der Waals surface area contributed by atoms with E-state index in [1.54, 1.807) is 0 Å². The van der Waals surface area contributed by atoms with Gasteiger partial charge in [-0.1, -0.05) is 23.2 Å². The molecule has 1 N–H and O–H groups in total. The van der Waals surface area contributed by atoms with Crippen molar-refractivity contribution in [1.82, 2.24) is 0 Å². The molecule has 6 heteroatoms. The van der Waals surface area contributed by atoms with Crippen molar-refractivity contribution in [1.29, 1.82) is 0 Å². The molecule has 0 saturated heterocycles. The van der Waals surface area contributed by atoms with Crippen LogP contribution >= 0.6 is 23.2 Å². The molecule has 2 nitrogen and oxygen atoms in total. The van der Waals surface area contributed by atoms with Crippen molar-refractivity contribution in [3.8, 4) is 5.75 Å². The second-order valence-corrected chi connectivity index (χ2v) is 3.23. The van der Waals surface area contributed by atoms with Crippen LogP contribution in [-0.4, -0.2) is 11.7 Å². The molecular weight excluding hydrogens is 237 g/mol. The van der Waals surface area contributed by atoms with Crippen LogP contribution < -0.4 is 4.74 Å². The van der Waals surface area contributed by atoms with Gasteiger partial charge in [-0.05, 0) is 17.7 Å². The van der Waals surface area contributed by atoms with Gasteiger partial charge in [-0.15, -0.1) is 0 Å². The number of benzene rings is 1. The van der Waals surface area contributed by atoms with Gasteiger partial charge in [0.1, 0.15) is 5.75 Å². The van der Waals surface area contributed by atoms with Gasteiger partial charge in [0.15, 0.2) is 0 Å². The third kappa shape index (κ3) is 2.70. The second-order valence-electron chi connectivity index (χ2n) is 2.41. The predicted octanol–water partition coefficient (Wildman–Crippen LogP) is 3.09. The van der Waals surface area contributed by atoms with Crippen LogP contribution in [0.3, 0.4) is 0 Å². The van der Waals surface area contributed by atoms with Gasteiger partial charge in [-0.25, -0.2) is 0 Å². The smallest absolute Gasteiger partial charge is 0.387 e. The Morgan fingerprint density at radius 3 is 2.43 bits per heavy atom. The van der Waals surface area contributed by atoms with Crippen LogP contribution in [0.5, 0.6) is 5.75 Å². The Labute approximate surface area is 89.0 Å². The molecule has 0 aliphatic heterocycles. The van der Waals surface area contributed by atoms with Crippen molar-refractivity contribution in [2.75, 3.05) is 0 Å². The summed E-state index contributed by atoms with van der Waals surface area (Å²) in [6.07, 6.45) is 0. The fourth-order valence-corrected chi connectivity index (χ4v) is 1.37. The van der Waals surface area contributed by atoms with Crippen molar-refractivity contribution in [3.63, 3.8) is 0 Å². The molecule has 78 valence electrons. The Morgan fingerprint density at radius 2 is 1.93 bits per heavy atom. The molecule has 0 amide bonds. The van der Waals surface area contributed by atoms with Gasteiger partial charge in [-0.2, -0.15) is 8.78 Å². The molecule has 0 saturated carbocycles. The zero-order valence-corrected chi connectivity index (χ0v) is 8.32. The van der Waals surface area contributed by atoms with Crippen LogP contribution in [0.4, 0.5) is 8.78 Å². The molecule has 14 heavy (non-hydrogen) atoms. The number of alkyl halides is 2. The Bertz CT molecular complexity index is 331. The molecule has 1 aromatic rings. The van der Waals surface area contributed by atoms with Crippen LogP contribution in [0.1, 0.15) is 5.56 Å². The molecule has 0 radical (unpaired) electrons. The van der Waals surface area contributed by atoms with Crippen molar-refractivity contribution >= 4 is 23.2 Å². The van der Waals surface area contributed by atoms with Crippen LogP contribution in [0.2, 0.25) is 10.0 Å². The van der Waals surface area contributed by atoms with E-state index < -0.39 is 6.61 Å². The van der Waals surface area contributed by atoms with Gasteiger partial charge < -0.3 is 9.84 Å².